The van der Waals surface area contributed by atoms with Crippen LogP contribution >= 0.6 is 0 Å². The van der Waals surface area contributed by atoms with Crippen molar-refractivity contribution in [3.05, 3.63) is 35.4 Å². The van der Waals surface area contributed by atoms with Gasteiger partial charge >= 0.3 is 0 Å². The second kappa shape index (κ2) is 4.36. The smallest absolute Gasteiger partial charge is 0.0596 e. The lowest BCUT2D eigenvalue weighted by Crippen LogP contribution is -2.56. The van der Waals surface area contributed by atoms with Crippen molar-refractivity contribution >= 4 is 0 Å². The lowest BCUT2D eigenvalue weighted by Gasteiger charge is -2.41. The molecule has 1 fully saturated rings. The SMILES string of the molecule is CC(C)C1(N)c2ccccc2CC1N1CCCC1. The number of rotatable bonds is 2. The zero-order chi connectivity index (χ0) is 12.8. The van der Waals surface area contributed by atoms with E-state index in [-0.39, 0.29) is 5.54 Å². The highest BCUT2D eigenvalue weighted by atomic mass is 15.2. The monoisotopic (exact) mass is 244 g/mol. The van der Waals surface area contributed by atoms with Gasteiger partial charge in [0.2, 0.25) is 0 Å². The fourth-order valence-electron chi connectivity index (χ4n) is 3.86. The average Bonchev–Trinajstić information content (AvgIpc) is 2.96. The third-order valence-electron chi connectivity index (χ3n) is 4.99. The molecule has 2 heteroatoms. The molecule has 1 aromatic carbocycles. The summed E-state index contributed by atoms with van der Waals surface area (Å²) in [5.74, 6) is 0.478. The Morgan fingerprint density at radius 2 is 1.89 bits per heavy atom. The van der Waals surface area contributed by atoms with Crippen LogP contribution in [0, 0.1) is 5.92 Å². The molecule has 1 aromatic rings. The number of nitrogens with zero attached hydrogens (tertiary/aromatic N) is 1. The molecule has 0 bridgehead atoms. The van der Waals surface area contributed by atoms with Crippen molar-refractivity contribution in [2.45, 2.75) is 44.7 Å². The first kappa shape index (κ1) is 12.2. The van der Waals surface area contributed by atoms with E-state index < -0.39 is 0 Å². The Morgan fingerprint density at radius 1 is 1.22 bits per heavy atom. The lowest BCUT2D eigenvalue weighted by molar-refractivity contribution is 0.124. The van der Waals surface area contributed by atoms with Gasteiger partial charge < -0.3 is 5.73 Å². The molecule has 2 aliphatic rings. The van der Waals surface area contributed by atoms with Crippen molar-refractivity contribution < 1.29 is 0 Å². The summed E-state index contributed by atoms with van der Waals surface area (Å²) in [5.41, 5.74) is 9.58. The summed E-state index contributed by atoms with van der Waals surface area (Å²) in [6.07, 6.45) is 3.80. The summed E-state index contributed by atoms with van der Waals surface area (Å²) in [7, 11) is 0. The minimum absolute atomic E-state index is 0.166. The van der Waals surface area contributed by atoms with Crippen molar-refractivity contribution in [1.29, 1.82) is 0 Å². The van der Waals surface area contributed by atoms with Gasteiger partial charge in [0.1, 0.15) is 0 Å². The highest BCUT2D eigenvalue weighted by Gasteiger charge is 2.48. The molecule has 98 valence electrons. The van der Waals surface area contributed by atoms with Crippen LogP contribution in [0.3, 0.4) is 0 Å². The topological polar surface area (TPSA) is 29.3 Å². The van der Waals surface area contributed by atoms with Crippen LogP contribution in [0.5, 0.6) is 0 Å². The fourth-order valence-corrected chi connectivity index (χ4v) is 3.86. The molecule has 2 unspecified atom stereocenters. The first-order chi connectivity index (χ1) is 8.64. The minimum atomic E-state index is -0.166. The summed E-state index contributed by atoms with van der Waals surface area (Å²) >= 11 is 0. The van der Waals surface area contributed by atoms with E-state index in [0.717, 1.165) is 6.42 Å². The Labute approximate surface area is 110 Å². The second-order valence-corrected chi connectivity index (χ2v) is 6.21. The van der Waals surface area contributed by atoms with Crippen LogP contribution in [0.4, 0.5) is 0 Å². The van der Waals surface area contributed by atoms with E-state index in [2.05, 4.69) is 43.0 Å². The van der Waals surface area contributed by atoms with Gasteiger partial charge in [-0.25, -0.2) is 0 Å². The van der Waals surface area contributed by atoms with Crippen molar-refractivity contribution in [3.8, 4) is 0 Å². The summed E-state index contributed by atoms with van der Waals surface area (Å²) in [4.78, 5) is 2.62. The highest BCUT2D eigenvalue weighted by molar-refractivity contribution is 5.42. The largest absolute Gasteiger partial charge is 0.320 e. The van der Waals surface area contributed by atoms with Gasteiger partial charge in [0.05, 0.1) is 5.54 Å². The molecule has 1 aliphatic carbocycles. The van der Waals surface area contributed by atoms with Gasteiger partial charge in [0, 0.05) is 6.04 Å². The molecular formula is C16H24N2. The summed E-state index contributed by atoms with van der Waals surface area (Å²) < 4.78 is 0. The number of hydrogen-bond acceptors (Lipinski definition) is 2. The van der Waals surface area contributed by atoms with E-state index in [9.17, 15) is 0 Å². The molecule has 0 radical (unpaired) electrons. The van der Waals surface area contributed by atoms with E-state index in [1.165, 1.54) is 37.1 Å². The highest BCUT2D eigenvalue weighted by Crippen LogP contribution is 2.43. The van der Waals surface area contributed by atoms with Crippen LogP contribution in [0.2, 0.25) is 0 Å². The minimum Gasteiger partial charge on any atom is -0.320 e. The maximum Gasteiger partial charge on any atom is 0.0596 e. The molecule has 0 saturated carbocycles. The van der Waals surface area contributed by atoms with Gasteiger partial charge in [-0.05, 0) is 49.4 Å². The number of fused-ring (bicyclic) bond motifs is 1. The standard InChI is InChI=1S/C16H24N2/c1-12(2)16(17)14-8-4-3-7-13(14)11-15(16)18-9-5-6-10-18/h3-4,7-8,12,15H,5-6,9-11,17H2,1-2H3. The van der Waals surface area contributed by atoms with Crippen molar-refractivity contribution in [2.24, 2.45) is 11.7 Å². The number of likely N-dealkylation sites (tertiary alicyclic amines) is 1. The molecule has 0 aromatic heterocycles. The molecule has 2 N–H and O–H groups in total. The number of nitrogens with two attached hydrogens (primary N) is 1. The molecule has 1 saturated heterocycles. The lowest BCUT2D eigenvalue weighted by atomic mass is 9.78. The Hall–Kier alpha value is -0.860. The van der Waals surface area contributed by atoms with Crippen LogP contribution in [-0.4, -0.2) is 24.0 Å². The second-order valence-electron chi connectivity index (χ2n) is 6.21. The van der Waals surface area contributed by atoms with Gasteiger partial charge in [-0.2, -0.15) is 0 Å². The Morgan fingerprint density at radius 3 is 2.56 bits per heavy atom. The van der Waals surface area contributed by atoms with Crippen molar-refractivity contribution in [3.63, 3.8) is 0 Å². The number of hydrogen-bond donors (Lipinski definition) is 1. The van der Waals surface area contributed by atoms with Crippen molar-refractivity contribution in [1.82, 2.24) is 4.90 Å². The van der Waals surface area contributed by atoms with Crippen molar-refractivity contribution in [2.75, 3.05) is 13.1 Å². The normalized spacial score (nSPS) is 32.1. The van der Waals surface area contributed by atoms with Crippen LogP contribution in [-0.2, 0) is 12.0 Å². The average molecular weight is 244 g/mol. The maximum absolute atomic E-state index is 6.90. The molecule has 1 heterocycles. The Balaban J connectivity index is 2.02. The first-order valence-corrected chi connectivity index (χ1v) is 7.25. The summed E-state index contributed by atoms with van der Waals surface area (Å²) in [6.45, 7) is 6.99. The van der Waals surface area contributed by atoms with E-state index in [4.69, 9.17) is 5.73 Å². The van der Waals surface area contributed by atoms with Crippen LogP contribution in [0.15, 0.2) is 24.3 Å². The number of benzene rings is 1. The Bertz CT molecular complexity index is 434. The van der Waals surface area contributed by atoms with E-state index in [0.29, 0.717) is 12.0 Å². The van der Waals surface area contributed by atoms with Gasteiger partial charge in [0.15, 0.2) is 0 Å². The first-order valence-electron chi connectivity index (χ1n) is 7.25. The maximum atomic E-state index is 6.90. The van der Waals surface area contributed by atoms with E-state index in [1.807, 2.05) is 0 Å². The quantitative estimate of drug-likeness (QED) is 0.866. The third-order valence-corrected chi connectivity index (χ3v) is 4.99. The zero-order valence-electron chi connectivity index (χ0n) is 11.5. The third kappa shape index (κ3) is 1.63. The van der Waals surface area contributed by atoms with Crippen LogP contribution in [0.25, 0.3) is 0 Å². The van der Waals surface area contributed by atoms with Gasteiger partial charge in [-0.1, -0.05) is 38.1 Å². The predicted molar refractivity (Wildman–Crippen MR) is 75.4 cm³/mol. The van der Waals surface area contributed by atoms with E-state index >= 15 is 0 Å². The molecule has 0 spiro atoms. The molecule has 2 atom stereocenters. The molecule has 0 amide bonds. The summed E-state index contributed by atoms with van der Waals surface area (Å²) in [6, 6.07) is 9.28. The molecule has 1 aliphatic heterocycles. The predicted octanol–water partition coefficient (Wildman–Crippen LogP) is 2.52. The molecular weight excluding hydrogens is 220 g/mol. The molecule has 2 nitrogen and oxygen atoms in total. The zero-order valence-corrected chi connectivity index (χ0v) is 11.5. The van der Waals surface area contributed by atoms with Gasteiger partial charge in [0.25, 0.3) is 0 Å². The Kier molecular flexibility index (Phi) is 2.95. The summed E-state index contributed by atoms with van der Waals surface area (Å²) in [5, 5.41) is 0. The van der Waals surface area contributed by atoms with Gasteiger partial charge in [-0.15, -0.1) is 0 Å². The van der Waals surface area contributed by atoms with Crippen LogP contribution in [0.1, 0.15) is 37.8 Å². The van der Waals surface area contributed by atoms with E-state index in [1.54, 1.807) is 0 Å². The molecule has 3 rings (SSSR count). The van der Waals surface area contributed by atoms with Crippen LogP contribution < -0.4 is 5.73 Å². The molecule has 18 heavy (non-hydrogen) atoms. The fraction of sp³-hybridized carbons (Fsp3) is 0.625. The van der Waals surface area contributed by atoms with Gasteiger partial charge in [-0.3, -0.25) is 4.90 Å².